The maximum atomic E-state index is 12.5. The molecule has 1 aliphatic rings. The topological polar surface area (TPSA) is 97.6 Å². The smallest absolute Gasteiger partial charge is 0.258 e. The largest absolute Gasteiger partial charge is 0.484 e. The van der Waals surface area contributed by atoms with Crippen LogP contribution in [0, 0.1) is 0 Å². The zero-order chi connectivity index (χ0) is 19.1. The van der Waals surface area contributed by atoms with Crippen LogP contribution in [0.4, 0.5) is 0 Å². The number of furan rings is 1. The standard InChI is InChI=1S/C19H24N2O5S/c22-19(20-13-17-7-4-12-25-17)14-26-16-8-10-18(11-9-16)27(23,24)21-15-5-2-1-3-6-15/h4,7-12,15,21H,1-3,5-6,13-14H2,(H,20,22). The molecule has 8 heteroatoms. The Labute approximate surface area is 159 Å². The minimum absolute atomic E-state index is 0.0116. The number of rotatable bonds is 8. The number of hydrogen-bond acceptors (Lipinski definition) is 5. The molecular formula is C19H24N2O5S. The first-order valence-corrected chi connectivity index (χ1v) is 10.6. The summed E-state index contributed by atoms with van der Waals surface area (Å²) in [7, 11) is -3.54. The minimum Gasteiger partial charge on any atom is -0.484 e. The lowest BCUT2D eigenvalue weighted by Crippen LogP contribution is -2.36. The van der Waals surface area contributed by atoms with Crippen LogP contribution >= 0.6 is 0 Å². The van der Waals surface area contributed by atoms with E-state index in [1.54, 1.807) is 24.3 Å². The highest BCUT2D eigenvalue weighted by atomic mass is 32.2. The fourth-order valence-corrected chi connectivity index (χ4v) is 4.33. The molecule has 1 saturated carbocycles. The summed E-state index contributed by atoms with van der Waals surface area (Å²) in [6.07, 6.45) is 6.58. The first-order valence-electron chi connectivity index (χ1n) is 9.07. The minimum atomic E-state index is -3.54. The summed E-state index contributed by atoms with van der Waals surface area (Å²) in [5, 5.41) is 2.67. The van der Waals surface area contributed by atoms with E-state index < -0.39 is 10.0 Å². The molecule has 3 rings (SSSR count). The van der Waals surface area contributed by atoms with Gasteiger partial charge in [0, 0.05) is 6.04 Å². The van der Waals surface area contributed by atoms with Crippen molar-refractivity contribution in [1.82, 2.24) is 10.0 Å². The van der Waals surface area contributed by atoms with Crippen LogP contribution in [0.3, 0.4) is 0 Å². The van der Waals surface area contributed by atoms with Gasteiger partial charge >= 0.3 is 0 Å². The van der Waals surface area contributed by atoms with Gasteiger partial charge < -0.3 is 14.5 Å². The monoisotopic (exact) mass is 392 g/mol. The molecule has 1 aromatic heterocycles. The van der Waals surface area contributed by atoms with Crippen molar-refractivity contribution in [2.24, 2.45) is 0 Å². The third-order valence-corrected chi connectivity index (χ3v) is 6.01. The van der Waals surface area contributed by atoms with Crippen molar-refractivity contribution in [2.75, 3.05) is 6.61 Å². The van der Waals surface area contributed by atoms with Crippen LogP contribution in [-0.2, 0) is 21.4 Å². The van der Waals surface area contributed by atoms with Gasteiger partial charge in [-0.1, -0.05) is 19.3 Å². The van der Waals surface area contributed by atoms with E-state index in [0.29, 0.717) is 18.1 Å². The molecule has 1 amide bonds. The van der Waals surface area contributed by atoms with E-state index in [9.17, 15) is 13.2 Å². The second kappa shape index (κ2) is 9.05. The molecule has 27 heavy (non-hydrogen) atoms. The maximum absolute atomic E-state index is 12.5. The summed E-state index contributed by atoms with van der Waals surface area (Å²) in [6.45, 7) is 0.131. The molecule has 0 spiro atoms. The zero-order valence-corrected chi connectivity index (χ0v) is 15.8. The number of amides is 1. The maximum Gasteiger partial charge on any atom is 0.258 e. The second-order valence-corrected chi connectivity index (χ2v) is 8.29. The highest BCUT2D eigenvalue weighted by Crippen LogP contribution is 2.21. The van der Waals surface area contributed by atoms with E-state index in [2.05, 4.69) is 10.0 Å². The SMILES string of the molecule is O=C(COc1ccc(S(=O)(=O)NC2CCCCC2)cc1)NCc1ccco1. The Balaban J connectivity index is 1.48. The summed E-state index contributed by atoms with van der Waals surface area (Å²) in [5.41, 5.74) is 0. The average Bonchev–Trinajstić information content (AvgIpc) is 3.19. The number of benzene rings is 1. The summed E-state index contributed by atoms with van der Waals surface area (Å²) in [6, 6.07) is 9.60. The van der Waals surface area contributed by atoms with Crippen LogP contribution in [0.1, 0.15) is 37.9 Å². The second-order valence-electron chi connectivity index (χ2n) is 6.57. The highest BCUT2D eigenvalue weighted by Gasteiger charge is 2.21. The van der Waals surface area contributed by atoms with Gasteiger partial charge in [0.1, 0.15) is 11.5 Å². The molecule has 0 unspecified atom stereocenters. The van der Waals surface area contributed by atoms with Gasteiger partial charge in [0.2, 0.25) is 10.0 Å². The lowest BCUT2D eigenvalue weighted by atomic mass is 9.96. The van der Waals surface area contributed by atoms with Gasteiger partial charge in [0.05, 0.1) is 17.7 Å². The Bertz CT molecular complexity index is 825. The van der Waals surface area contributed by atoms with Gasteiger partial charge in [-0.05, 0) is 49.2 Å². The fraction of sp³-hybridized carbons (Fsp3) is 0.421. The third-order valence-electron chi connectivity index (χ3n) is 4.47. The molecule has 146 valence electrons. The van der Waals surface area contributed by atoms with Gasteiger partial charge in [-0.2, -0.15) is 0 Å². The predicted octanol–water partition coefficient (Wildman–Crippen LogP) is 2.59. The van der Waals surface area contributed by atoms with E-state index >= 15 is 0 Å². The van der Waals surface area contributed by atoms with Crippen LogP contribution in [0.2, 0.25) is 0 Å². The van der Waals surface area contributed by atoms with Crippen molar-refractivity contribution < 1.29 is 22.4 Å². The van der Waals surface area contributed by atoms with Gasteiger partial charge in [-0.15, -0.1) is 0 Å². The molecule has 1 aromatic carbocycles. The molecule has 0 aliphatic heterocycles. The Kier molecular flexibility index (Phi) is 6.52. The average molecular weight is 392 g/mol. The van der Waals surface area contributed by atoms with Crippen molar-refractivity contribution in [3.63, 3.8) is 0 Å². The normalized spacial score (nSPS) is 15.4. The molecule has 1 aliphatic carbocycles. The molecule has 0 bridgehead atoms. The number of sulfonamides is 1. The van der Waals surface area contributed by atoms with Gasteiger partial charge in [-0.3, -0.25) is 4.79 Å². The molecule has 0 radical (unpaired) electrons. The fourth-order valence-electron chi connectivity index (χ4n) is 3.02. The van der Waals surface area contributed by atoms with Crippen molar-refractivity contribution >= 4 is 15.9 Å². The Hall–Kier alpha value is -2.32. The van der Waals surface area contributed by atoms with Crippen molar-refractivity contribution in [3.05, 3.63) is 48.4 Å². The van der Waals surface area contributed by atoms with Gasteiger partial charge in [-0.25, -0.2) is 13.1 Å². The van der Waals surface area contributed by atoms with Crippen LogP contribution in [0.25, 0.3) is 0 Å². The Morgan fingerprint density at radius 2 is 1.85 bits per heavy atom. The Morgan fingerprint density at radius 3 is 2.52 bits per heavy atom. The van der Waals surface area contributed by atoms with Gasteiger partial charge in [0.25, 0.3) is 5.91 Å². The Morgan fingerprint density at radius 1 is 1.11 bits per heavy atom. The van der Waals surface area contributed by atoms with Crippen LogP contribution < -0.4 is 14.8 Å². The number of nitrogens with one attached hydrogen (secondary N) is 2. The van der Waals surface area contributed by atoms with Crippen LogP contribution in [-0.4, -0.2) is 27.0 Å². The lowest BCUT2D eigenvalue weighted by molar-refractivity contribution is -0.123. The van der Waals surface area contributed by atoms with E-state index in [0.717, 1.165) is 25.7 Å². The summed E-state index contributed by atoms with van der Waals surface area (Å²) in [5.74, 6) is 0.796. The van der Waals surface area contributed by atoms with Crippen molar-refractivity contribution in [2.45, 2.75) is 49.6 Å². The number of carbonyl (C=O) groups is 1. The summed E-state index contributed by atoms with van der Waals surface area (Å²) < 4.78 is 38.2. The summed E-state index contributed by atoms with van der Waals surface area (Å²) in [4.78, 5) is 12.0. The molecular weight excluding hydrogens is 368 g/mol. The number of hydrogen-bond donors (Lipinski definition) is 2. The van der Waals surface area contributed by atoms with E-state index in [4.69, 9.17) is 9.15 Å². The van der Waals surface area contributed by atoms with Gasteiger partial charge in [0.15, 0.2) is 6.61 Å². The van der Waals surface area contributed by atoms with E-state index in [-0.39, 0.29) is 23.5 Å². The first-order chi connectivity index (χ1) is 13.0. The van der Waals surface area contributed by atoms with E-state index in [1.807, 2.05) is 0 Å². The highest BCUT2D eigenvalue weighted by molar-refractivity contribution is 7.89. The third kappa shape index (κ3) is 5.83. The molecule has 7 nitrogen and oxygen atoms in total. The van der Waals surface area contributed by atoms with Crippen LogP contribution in [0.15, 0.2) is 52.0 Å². The molecule has 1 fully saturated rings. The molecule has 2 N–H and O–H groups in total. The van der Waals surface area contributed by atoms with Crippen LogP contribution in [0.5, 0.6) is 5.75 Å². The molecule has 2 aromatic rings. The van der Waals surface area contributed by atoms with Crippen molar-refractivity contribution in [3.8, 4) is 5.75 Å². The molecule has 1 heterocycles. The predicted molar refractivity (Wildman–Crippen MR) is 99.7 cm³/mol. The first kappa shape index (κ1) is 19.4. The number of ether oxygens (including phenoxy) is 1. The summed E-state index contributed by atoms with van der Waals surface area (Å²) >= 11 is 0. The quantitative estimate of drug-likeness (QED) is 0.720. The lowest BCUT2D eigenvalue weighted by Gasteiger charge is -2.22. The van der Waals surface area contributed by atoms with E-state index in [1.165, 1.54) is 24.8 Å². The van der Waals surface area contributed by atoms with Crippen molar-refractivity contribution in [1.29, 1.82) is 0 Å². The number of carbonyl (C=O) groups excluding carboxylic acids is 1. The molecule has 0 atom stereocenters. The molecule has 0 saturated heterocycles. The zero-order valence-electron chi connectivity index (χ0n) is 15.0.